The predicted octanol–water partition coefficient (Wildman–Crippen LogP) is 2.96. The van der Waals surface area contributed by atoms with Crippen LogP contribution in [-0.2, 0) is 17.6 Å². The molecule has 2 atom stereocenters. The van der Waals surface area contributed by atoms with Crippen LogP contribution in [0.15, 0.2) is 48.5 Å². The summed E-state index contributed by atoms with van der Waals surface area (Å²) in [7, 11) is 2.33. The lowest BCUT2D eigenvalue weighted by Crippen LogP contribution is -3.10. The van der Waals surface area contributed by atoms with Gasteiger partial charge in [-0.1, -0.05) is 48.5 Å². The average molecular weight is 322 g/mol. The maximum atomic E-state index is 6.51. The molecule has 2 aromatic carbocycles. The van der Waals surface area contributed by atoms with Crippen LogP contribution in [0.4, 0.5) is 0 Å². The second-order valence-electron chi connectivity index (χ2n) is 7.37. The van der Waals surface area contributed by atoms with Crippen LogP contribution in [0.25, 0.3) is 0 Å². The summed E-state index contributed by atoms with van der Waals surface area (Å²) in [5.74, 6) is 0. The third-order valence-electron chi connectivity index (χ3n) is 5.91. The summed E-state index contributed by atoms with van der Waals surface area (Å²) < 4.78 is 6.51. The zero-order valence-corrected chi connectivity index (χ0v) is 14.6. The Hall–Kier alpha value is -1.64. The normalized spacial score (nSPS) is 23.5. The molecule has 126 valence electrons. The van der Waals surface area contributed by atoms with Gasteiger partial charge in [0.15, 0.2) is 0 Å². The van der Waals surface area contributed by atoms with E-state index in [9.17, 15) is 0 Å². The number of benzene rings is 2. The zero-order valence-electron chi connectivity index (χ0n) is 14.6. The molecule has 1 saturated heterocycles. The van der Waals surface area contributed by atoms with Crippen LogP contribution in [0.1, 0.15) is 47.6 Å². The summed E-state index contributed by atoms with van der Waals surface area (Å²) >= 11 is 0. The maximum Gasteiger partial charge on any atom is 0.108 e. The lowest BCUT2D eigenvalue weighted by Gasteiger charge is -2.23. The average Bonchev–Trinajstić information content (AvgIpc) is 2.95. The van der Waals surface area contributed by atoms with E-state index in [1.165, 1.54) is 48.1 Å². The van der Waals surface area contributed by atoms with Crippen molar-refractivity contribution >= 4 is 0 Å². The van der Waals surface area contributed by atoms with E-state index in [2.05, 4.69) is 55.6 Å². The molecule has 0 saturated carbocycles. The van der Waals surface area contributed by atoms with Crippen LogP contribution in [0.3, 0.4) is 0 Å². The van der Waals surface area contributed by atoms with Gasteiger partial charge in [0.25, 0.3) is 0 Å². The summed E-state index contributed by atoms with van der Waals surface area (Å²) in [6, 6.07) is 18.5. The van der Waals surface area contributed by atoms with E-state index in [0.717, 1.165) is 25.5 Å². The molecule has 1 heterocycles. The minimum atomic E-state index is 0.0987. The Kier molecular flexibility index (Phi) is 4.68. The number of hydrogen-bond donors (Lipinski definition) is 1. The van der Waals surface area contributed by atoms with Crippen LogP contribution in [0, 0.1) is 0 Å². The fourth-order valence-electron chi connectivity index (χ4n) is 4.45. The van der Waals surface area contributed by atoms with Crippen molar-refractivity contribution in [3.63, 3.8) is 0 Å². The molecule has 1 aliphatic carbocycles. The fraction of sp³-hybridized carbons (Fsp3) is 0.455. The first kappa shape index (κ1) is 15.9. The third kappa shape index (κ3) is 3.13. The molecular formula is C22H28NO+. The van der Waals surface area contributed by atoms with Crippen molar-refractivity contribution in [1.82, 2.24) is 0 Å². The molecule has 1 N–H and O–H groups in total. The molecule has 4 rings (SSSR count). The standard InChI is InChI=1S/C22H27NO/c1-23-15-6-9-19(23)14-16-24-22-20-10-4-2-7-17(20)12-13-18-8-3-5-11-21(18)22/h2-5,7-8,10-11,19,22H,6,9,12-16H2,1H3/p+1/t19-/m1/s1. The van der Waals surface area contributed by atoms with E-state index in [0.29, 0.717) is 0 Å². The van der Waals surface area contributed by atoms with Crippen molar-refractivity contribution < 1.29 is 9.64 Å². The van der Waals surface area contributed by atoms with Gasteiger partial charge in [-0.3, -0.25) is 0 Å². The van der Waals surface area contributed by atoms with Gasteiger partial charge in [0.05, 0.1) is 26.2 Å². The third-order valence-corrected chi connectivity index (χ3v) is 5.91. The number of aryl methyl sites for hydroxylation is 2. The Labute approximate surface area is 145 Å². The Morgan fingerprint density at radius 2 is 1.58 bits per heavy atom. The molecule has 2 nitrogen and oxygen atoms in total. The van der Waals surface area contributed by atoms with Crippen molar-refractivity contribution in [1.29, 1.82) is 0 Å². The zero-order chi connectivity index (χ0) is 16.4. The van der Waals surface area contributed by atoms with Gasteiger partial charge < -0.3 is 9.64 Å². The summed E-state index contributed by atoms with van der Waals surface area (Å²) in [5, 5.41) is 0. The predicted molar refractivity (Wildman–Crippen MR) is 97.5 cm³/mol. The summed E-state index contributed by atoms with van der Waals surface area (Å²) in [6.07, 6.45) is 6.22. The SMILES string of the molecule is C[NH+]1CCC[C@@H]1CCOC1c2ccccc2CCc2ccccc21. The molecule has 0 spiro atoms. The molecule has 2 aromatic rings. The van der Waals surface area contributed by atoms with Gasteiger partial charge in [0.1, 0.15) is 6.10 Å². The largest absolute Gasteiger partial charge is 0.369 e. The van der Waals surface area contributed by atoms with E-state index in [-0.39, 0.29) is 6.10 Å². The van der Waals surface area contributed by atoms with E-state index in [4.69, 9.17) is 4.74 Å². The molecule has 1 aliphatic heterocycles. The Bertz CT molecular complexity index is 648. The second kappa shape index (κ2) is 7.08. The molecular weight excluding hydrogens is 294 g/mol. The van der Waals surface area contributed by atoms with Gasteiger partial charge >= 0.3 is 0 Å². The van der Waals surface area contributed by atoms with Crippen molar-refractivity contribution in [2.24, 2.45) is 0 Å². The van der Waals surface area contributed by atoms with E-state index < -0.39 is 0 Å². The summed E-state index contributed by atoms with van der Waals surface area (Å²) in [6.45, 7) is 2.18. The second-order valence-corrected chi connectivity index (χ2v) is 7.37. The van der Waals surface area contributed by atoms with Crippen molar-refractivity contribution in [2.75, 3.05) is 20.2 Å². The first-order chi connectivity index (χ1) is 11.8. The number of nitrogens with one attached hydrogen (secondary N) is 1. The van der Waals surface area contributed by atoms with Gasteiger partial charge in [-0.25, -0.2) is 0 Å². The lowest BCUT2D eigenvalue weighted by molar-refractivity contribution is -0.892. The maximum absolute atomic E-state index is 6.51. The first-order valence-electron chi connectivity index (χ1n) is 9.42. The van der Waals surface area contributed by atoms with Crippen LogP contribution >= 0.6 is 0 Å². The molecule has 2 heteroatoms. The highest BCUT2D eigenvalue weighted by atomic mass is 16.5. The molecule has 0 bridgehead atoms. The summed E-state index contributed by atoms with van der Waals surface area (Å²) in [5.41, 5.74) is 5.63. The van der Waals surface area contributed by atoms with E-state index in [1.807, 2.05) is 0 Å². The highest BCUT2D eigenvalue weighted by Gasteiger charge is 2.27. The number of quaternary nitrogens is 1. The Balaban J connectivity index is 1.56. The smallest absolute Gasteiger partial charge is 0.108 e. The van der Waals surface area contributed by atoms with Crippen molar-refractivity contribution in [3.05, 3.63) is 70.8 Å². The minimum absolute atomic E-state index is 0.0987. The number of hydrogen-bond acceptors (Lipinski definition) is 1. The molecule has 1 unspecified atom stereocenters. The van der Waals surface area contributed by atoms with Crippen molar-refractivity contribution in [2.45, 2.75) is 44.2 Å². The fourth-order valence-corrected chi connectivity index (χ4v) is 4.45. The number of ether oxygens (including phenoxy) is 1. The number of fused-ring (bicyclic) bond motifs is 2. The minimum Gasteiger partial charge on any atom is -0.369 e. The molecule has 1 fully saturated rings. The Morgan fingerprint density at radius 1 is 0.958 bits per heavy atom. The van der Waals surface area contributed by atoms with Gasteiger partial charge in [-0.05, 0) is 35.1 Å². The first-order valence-corrected chi connectivity index (χ1v) is 9.42. The van der Waals surface area contributed by atoms with E-state index in [1.54, 1.807) is 4.90 Å². The molecule has 0 amide bonds. The van der Waals surface area contributed by atoms with Crippen molar-refractivity contribution in [3.8, 4) is 0 Å². The quantitative estimate of drug-likeness (QED) is 0.914. The number of rotatable bonds is 4. The van der Waals surface area contributed by atoms with Crippen LogP contribution in [0.2, 0.25) is 0 Å². The highest BCUT2D eigenvalue weighted by molar-refractivity contribution is 5.43. The van der Waals surface area contributed by atoms with Gasteiger partial charge in [0.2, 0.25) is 0 Å². The summed E-state index contributed by atoms with van der Waals surface area (Å²) in [4.78, 5) is 1.68. The molecule has 2 aliphatic rings. The van der Waals surface area contributed by atoms with Crippen LogP contribution in [0.5, 0.6) is 0 Å². The molecule has 24 heavy (non-hydrogen) atoms. The topological polar surface area (TPSA) is 13.7 Å². The van der Waals surface area contributed by atoms with Crippen LogP contribution < -0.4 is 4.90 Å². The molecule has 0 aromatic heterocycles. The Morgan fingerprint density at radius 3 is 2.17 bits per heavy atom. The lowest BCUT2D eigenvalue weighted by atomic mass is 9.97. The molecule has 0 radical (unpaired) electrons. The highest BCUT2D eigenvalue weighted by Crippen LogP contribution is 2.35. The van der Waals surface area contributed by atoms with Crippen LogP contribution in [-0.4, -0.2) is 26.2 Å². The van der Waals surface area contributed by atoms with E-state index >= 15 is 0 Å². The number of likely N-dealkylation sites (tertiary alicyclic amines) is 1. The van der Waals surface area contributed by atoms with Gasteiger partial charge in [-0.15, -0.1) is 0 Å². The van der Waals surface area contributed by atoms with Gasteiger partial charge in [-0.2, -0.15) is 0 Å². The van der Waals surface area contributed by atoms with Gasteiger partial charge in [0, 0.05) is 19.3 Å². The monoisotopic (exact) mass is 322 g/mol.